The lowest BCUT2D eigenvalue weighted by atomic mass is 10.1. The van der Waals surface area contributed by atoms with Crippen LogP contribution in [0.2, 0.25) is 0 Å². The molecule has 0 spiro atoms. The summed E-state index contributed by atoms with van der Waals surface area (Å²) in [6.45, 7) is 0.436. The van der Waals surface area contributed by atoms with Crippen LogP contribution in [0.25, 0.3) is 0 Å². The van der Waals surface area contributed by atoms with Crippen molar-refractivity contribution in [3.8, 4) is 0 Å². The number of benzene rings is 3. The van der Waals surface area contributed by atoms with Crippen molar-refractivity contribution in [3.05, 3.63) is 95.3 Å². The predicted octanol–water partition coefficient (Wildman–Crippen LogP) is 3.33. The van der Waals surface area contributed by atoms with Gasteiger partial charge in [0.25, 0.3) is 5.91 Å². The summed E-state index contributed by atoms with van der Waals surface area (Å²) in [5.41, 5.74) is 3.67. The van der Waals surface area contributed by atoms with Crippen molar-refractivity contribution in [2.75, 3.05) is 23.3 Å². The van der Waals surface area contributed by atoms with Gasteiger partial charge in [0.05, 0.1) is 13.0 Å². The van der Waals surface area contributed by atoms with E-state index in [1.807, 2.05) is 24.3 Å². The summed E-state index contributed by atoms with van der Waals surface area (Å²) >= 11 is 0. The van der Waals surface area contributed by atoms with Gasteiger partial charge in [-0.15, -0.1) is 0 Å². The molecule has 3 aromatic rings. The number of carbonyl (C=O) groups excluding carboxylic acids is 3. The molecule has 0 unspecified atom stereocenters. The average molecular weight is 431 g/mol. The van der Waals surface area contributed by atoms with Crippen LogP contribution in [-0.4, -0.2) is 30.8 Å². The molecule has 0 atom stereocenters. The highest BCUT2D eigenvalue weighted by molar-refractivity contribution is 6.07. The first-order valence-electron chi connectivity index (χ1n) is 10.3. The van der Waals surface area contributed by atoms with Gasteiger partial charge in [0.1, 0.15) is 5.82 Å². The van der Waals surface area contributed by atoms with Crippen LogP contribution < -0.4 is 15.5 Å². The Hall–Kier alpha value is -4.00. The molecule has 4 rings (SSSR count). The van der Waals surface area contributed by atoms with Crippen LogP contribution in [-0.2, 0) is 22.4 Å². The molecule has 162 valence electrons. The fourth-order valence-corrected chi connectivity index (χ4v) is 3.68. The van der Waals surface area contributed by atoms with Crippen LogP contribution in [0.1, 0.15) is 21.5 Å². The largest absolute Gasteiger partial charge is 0.347 e. The van der Waals surface area contributed by atoms with E-state index in [1.54, 1.807) is 35.2 Å². The molecule has 0 bridgehead atoms. The Kier molecular flexibility index (Phi) is 6.26. The zero-order valence-electron chi connectivity index (χ0n) is 17.3. The maximum absolute atomic E-state index is 13.2. The molecule has 3 aromatic carbocycles. The Morgan fingerprint density at radius 3 is 2.47 bits per heavy atom. The summed E-state index contributed by atoms with van der Waals surface area (Å²) in [5.74, 6) is -1.27. The quantitative estimate of drug-likeness (QED) is 0.629. The van der Waals surface area contributed by atoms with Crippen molar-refractivity contribution in [2.24, 2.45) is 0 Å². The van der Waals surface area contributed by atoms with Crippen molar-refractivity contribution in [2.45, 2.75) is 12.8 Å². The van der Waals surface area contributed by atoms with Gasteiger partial charge in [0.2, 0.25) is 11.8 Å². The third kappa shape index (κ3) is 5.00. The SMILES string of the molecule is O=C(Cc1cccc(F)c1)NCC(=O)Nc1ccc(C(=O)N2CCc3ccccc32)cc1. The number of para-hydroxylation sites is 1. The van der Waals surface area contributed by atoms with Gasteiger partial charge in [-0.05, 0) is 60.0 Å². The number of amides is 3. The van der Waals surface area contributed by atoms with Gasteiger partial charge in [0, 0.05) is 23.5 Å². The molecule has 0 aromatic heterocycles. The molecule has 32 heavy (non-hydrogen) atoms. The molecule has 6 nitrogen and oxygen atoms in total. The Balaban J connectivity index is 1.28. The van der Waals surface area contributed by atoms with Gasteiger partial charge in [-0.3, -0.25) is 14.4 Å². The average Bonchev–Trinajstić information content (AvgIpc) is 3.22. The van der Waals surface area contributed by atoms with Gasteiger partial charge in [-0.2, -0.15) is 0 Å². The Morgan fingerprint density at radius 1 is 0.906 bits per heavy atom. The van der Waals surface area contributed by atoms with E-state index in [0.29, 0.717) is 23.4 Å². The lowest BCUT2D eigenvalue weighted by Gasteiger charge is -2.17. The maximum Gasteiger partial charge on any atom is 0.258 e. The first kappa shape index (κ1) is 21.2. The third-order valence-corrected chi connectivity index (χ3v) is 5.25. The molecule has 0 saturated carbocycles. The number of halogens is 1. The highest BCUT2D eigenvalue weighted by atomic mass is 19.1. The number of hydrogen-bond donors (Lipinski definition) is 2. The summed E-state index contributed by atoms with van der Waals surface area (Å²) in [7, 11) is 0. The van der Waals surface area contributed by atoms with E-state index in [9.17, 15) is 18.8 Å². The number of rotatable bonds is 6. The van der Waals surface area contributed by atoms with Crippen LogP contribution in [0.3, 0.4) is 0 Å². The Labute approximate surface area is 185 Å². The van der Waals surface area contributed by atoms with E-state index < -0.39 is 11.7 Å². The summed E-state index contributed by atoms with van der Waals surface area (Å²) in [6.07, 6.45) is 0.822. The fourth-order valence-electron chi connectivity index (χ4n) is 3.68. The topological polar surface area (TPSA) is 78.5 Å². The maximum atomic E-state index is 13.2. The van der Waals surface area contributed by atoms with Crippen LogP contribution in [0, 0.1) is 5.82 Å². The highest BCUT2D eigenvalue weighted by Gasteiger charge is 2.25. The molecule has 7 heteroatoms. The number of anilines is 2. The van der Waals surface area contributed by atoms with E-state index in [4.69, 9.17) is 0 Å². The minimum absolute atomic E-state index is 0.0124. The second-order valence-corrected chi connectivity index (χ2v) is 7.54. The van der Waals surface area contributed by atoms with Crippen molar-refractivity contribution in [3.63, 3.8) is 0 Å². The molecule has 0 fully saturated rings. The van der Waals surface area contributed by atoms with Crippen molar-refractivity contribution in [1.29, 1.82) is 0 Å². The van der Waals surface area contributed by atoms with Gasteiger partial charge in [-0.25, -0.2) is 4.39 Å². The zero-order valence-corrected chi connectivity index (χ0v) is 17.3. The minimum Gasteiger partial charge on any atom is -0.347 e. The van der Waals surface area contributed by atoms with E-state index in [-0.39, 0.29) is 24.8 Å². The molecule has 0 radical (unpaired) electrons. The number of fused-ring (bicyclic) bond motifs is 1. The van der Waals surface area contributed by atoms with Crippen LogP contribution in [0.4, 0.5) is 15.8 Å². The normalized spacial score (nSPS) is 12.2. The van der Waals surface area contributed by atoms with Crippen molar-refractivity contribution >= 4 is 29.1 Å². The second kappa shape index (κ2) is 9.43. The summed E-state index contributed by atoms with van der Waals surface area (Å²) < 4.78 is 13.2. The minimum atomic E-state index is -0.413. The first-order valence-corrected chi connectivity index (χ1v) is 10.3. The third-order valence-electron chi connectivity index (χ3n) is 5.25. The number of hydrogen-bond acceptors (Lipinski definition) is 3. The number of carbonyl (C=O) groups is 3. The van der Waals surface area contributed by atoms with Crippen LogP contribution in [0.5, 0.6) is 0 Å². The lowest BCUT2D eigenvalue weighted by Crippen LogP contribution is -2.33. The molecular weight excluding hydrogens is 409 g/mol. The molecule has 1 heterocycles. The Morgan fingerprint density at radius 2 is 1.69 bits per heavy atom. The smallest absolute Gasteiger partial charge is 0.258 e. The molecule has 0 saturated heterocycles. The molecule has 2 N–H and O–H groups in total. The molecule has 3 amide bonds. The lowest BCUT2D eigenvalue weighted by molar-refractivity contribution is -0.123. The predicted molar refractivity (Wildman–Crippen MR) is 120 cm³/mol. The van der Waals surface area contributed by atoms with E-state index in [0.717, 1.165) is 17.7 Å². The van der Waals surface area contributed by atoms with E-state index >= 15 is 0 Å². The van der Waals surface area contributed by atoms with Gasteiger partial charge < -0.3 is 15.5 Å². The number of nitrogens with zero attached hydrogens (tertiary/aromatic N) is 1. The summed E-state index contributed by atoms with van der Waals surface area (Å²) in [5, 5.41) is 5.20. The van der Waals surface area contributed by atoms with E-state index in [2.05, 4.69) is 10.6 Å². The standard InChI is InChI=1S/C25H22FN3O3/c26-20-6-3-4-17(14-20)15-23(30)27-16-24(31)28-21-10-8-19(9-11-21)25(32)29-13-12-18-5-1-2-7-22(18)29/h1-11,14H,12-13,15-16H2,(H,27,30)(H,28,31). The molecule has 0 aliphatic carbocycles. The van der Waals surface area contributed by atoms with E-state index in [1.165, 1.54) is 18.2 Å². The monoisotopic (exact) mass is 431 g/mol. The van der Waals surface area contributed by atoms with Gasteiger partial charge >= 0.3 is 0 Å². The molecule has 1 aliphatic rings. The molecule has 1 aliphatic heterocycles. The van der Waals surface area contributed by atoms with Crippen molar-refractivity contribution < 1.29 is 18.8 Å². The van der Waals surface area contributed by atoms with Crippen LogP contribution in [0.15, 0.2) is 72.8 Å². The summed E-state index contributed by atoms with van der Waals surface area (Å²) in [6, 6.07) is 20.3. The Bertz CT molecular complexity index is 1160. The van der Waals surface area contributed by atoms with Crippen molar-refractivity contribution in [1.82, 2.24) is 5.32 Å². The highest BCUT2D eigenvalue weighted by Crippen LogP contribution is 2.29. The first-order chi connectivity index (χ1) is 15.5. The van der Waals surface area contributed by atoms with Crippen LogP contribution >= 0.6 is 0 Å². The summed E-state index contributed by atoms with van der Waals surface area (Å²) in [4.78, 5) is 38.7. The van der Waals surface area contributed by atoms with Gasteiger partial charge in [0.15, 0.2) is 0 Å². The fraction of sp³-hybridized carbons (Fsp3) is 0.160. The number of nitrogens with one attached hydrogen (secondary N) is 2. The zero-order chi connectivity index (χ0) is 22.5. The second-order valence-electron chi connectivity index (χ2n) is 7.54. The van der Waals surface area contributed by atoms with Gasteiger partial charge in [-0.1, -0.05) is 30.3 Å². The molecular formula is C25H22FN3O3.